The lowest BCUT2D eigenvalue weighted by Gasteiger charge is -2.14. The van der Waals surface area contributed by atoms with Crippen LogP contribution in [-0.2, 0) is 6.54 Å². The Kier molecular flexibility index (Phi) is 4.15. The molecule has 0 amide bonds. The van der Waals surface area contributed by atoms with Crippen LogP contribution in [0.1, 0.15) is 16.7 Å². The van der Waals surface area contributed by atoms with E-state index in [2.05, 4.69) is 37.4 Å². The second kappa shape index (κ2) is 5.64. The zero-order valence-corrected chi connectivity index (χ0v) is 11.9. The largest absolute Gasteiger partial charge is 0.380 e. The predicted molar refractivity (Wildman–Crippen MR) is 79.7 cm³/mol. The number of halogens is 2. The molecule has 18 heavy (non-hydrogen) atoms. The minimum absolute atomic E-state index is 0.629. The second-order valence-electron chi connectivity index (χ2n) is 4.32. The Bertz CT molecular complexity index is 472. The van der Waals surface area contributed by atoms with Gasteiger partial charge in [0.1, 0.15) is 0 Å². The molecular weight excluding hydrogens is 265 g/mol. The van der Waals surface area contributed by atoms with Gasteiger partial charge >= 0.3 is 0 Å². The molecule has 0 saturated carbocycles. The highest BCUT2D eigenvalue weighted by Gasteiger charge is 2.07. The van der Waals surface area contributed by atoms with Crippen molar-refractivity contribution in [3.05, 3.63) is 63.1 Å². The Morgan fingerprint density at radius 1 is 0.889 bits per heavy atom. The van der Waals surface area contributed by atoms with Crippen LogP contribution in [-0.4, -0.2) is 0 Å². The van der Waals surface area contributed by atoms with Gasteiger partial charge in [-0.25, -0.2) is 0 Å². The molecule has 3 heteroatoms. The van der Waals surface area contributed by atoms with Crippen LogP contribution in [0.15, 0.2) is 36.4 Å². The van der Waals surface area contributed by atoms with Gasteiger partial charge in [0.15, 0.2) is 0 Å². The van der Waals surface area contributed by atoms with Crippen molar-refractivity contribution in [1.82, 2.24) is 0 Å². The van der Waals surface area contributed by atoms with Gasteiger partial charge in [-0.2, -0.15) is 0 Å². The quantitative estimate of drug-likeness (QED) is 0.812. The Hall–Kier alpha value is -1.18. The predicted octanol–water partition coefficient (Wildman–Crippen LogP) is 5.22. The molecule has 1 N–H and O–H groups in total. The molecule has 94 valence electrons. The van der Waals surface area contributed by atoms with Crippen LogP contribution < -0.4 is 5.32 Å². The Balaban J connectivity index is 2.22. The first kappa shape index (κ1) is 13.3. The monoisotopic (exact) mass is 279 g/mol. The van der Waals surface area contributed by atoms with E-state index >= 15 is 0 Å². The molecule has 0 aliphatic carbocycles. The fourth-order valence-corrected chi connectivity index (χ4v) is 2.50. The maximum Gasteiger partial charge on any atom is 0.0470 e. The lowest BCUT2D eigenvalue weighted by molar-refractivity contribution is 1.13. The molecule has 1 nitrogen and oxygen atoms in total. The first-order valence-electron chi connectivity index (χ1n) is 5.82. The number of benzene rings is 2. The Morgan fingerprint density at radius 3 is 1.94 bits per heavy atom. The summed E-state index contributed by atoms with van der Waals surface area (Å²) in [4.78, 5) is 0. The normalized spacial score (nSPS) is 10.4. The van der Waals surface area contributed by atoms with E-state index in [1.807, 2.05) is 18.2 Å². The molecule has 2 rings (SSSR count). The standard InChI is InChI=1S/C15H15Cl2N/c1-10-5-3-6-11(2)15(10)18-9-12-13(16)7-4-8-14(12)17/h3-8,18H,9H2,1-2H3. The molecule has 0 fully saturated rings. The topological polar surface area (TPSA) is 12.0 Å². The molecule has 0 bridgehead atoms. The van der Waals surface area contributed by atoms with Gasteiger partial charge in [-0.1, -0.05) is 47.5 Å². The number of rotatable bonds is 3. The van der Waals surface area contributed by atoms with Crippen molar-refractivity contribution in [2.24, 2.45) is 0 Å². The summed E-state index contributed by atoms with van der Waals surface area (Å²) in [6.07, 6.45) is 0. The average Bonchev–Trinajstić information content (AvgIpc) is 2.31. The van der Waals surface area contributed by atoms with Crippen LogP contribution in [0, 0.1) is 13.8 Å². The van der Waals surface area contributed by atoms with E-state index in [4.69, 9.17) is 23.2 Å². The number of hydrogen-bond acceptors (Lipinski definition) is 1. The van der Waals surface area contributed by atoms with Gasteiger partial charge in [0.05, 0.1) is 0 Å². The molecule has 0 aliphatic rings. The van der Waals surface area contributed by atoms with Crippen molar-refractivity contribution in [2.45, 2.75) is 20.4 Å². The minimum Gasteiger partial charge on any atom is -0.380 e. The summed E-state index contributed by atoms with van der Waals surface area (Å²) >= 11 is 12.3. The highest BCUT2D eigenvalue weighted by molar-refractivity contribution is 6.36. The molecule has 2 aromatic rings. The second-order valence-corrected chi connectivity index (χ2v) is 5.13. The lowest BCUT2D eigenvalue weighted by atomic mass is 10.1. The van der Waals surface area contributed by atoms with Crippen molar-refractivity contribution >= 4 is 28.9 Å². The molecule has 0 radical (unpaired) electrons. The third-order valence-electron chi connectivity index (χ3n) is 2.98. The van der Waals surface area contributed by atoms with E-state index in [1.54, 1.807) is 0 Å². The first-order valence-corrected chi connectivity index (χ1v) is 6.58. The smallest absolute Gasteiger partial charge is 0.0470 e. The van der Waals surface area contributed by atoms with Crippen LogP contribution >= 0.6 is 23.2 Å². The van der Waals surface area contributed by atoms with Crippen molar-refractivity contribution in [3.63, 3.8) is 0 Å². The van der Waals surface area contributed by atoms with Gasteiger partial charge < -0.3 is 5.32 Å². The van der Waals surface area contributed by atoms with E-state index in [1.165, 1.54) is 11.1 Å². The molecule has 0 unspecified atom stereocenters. The van der Waals surface area contributed by atoms with Crippen LogP contribution in [0.5, 0.6) is 0 Å². The third kappa shape index (κ3) is 2.80. The summed E-state index contributed by atoms with van der Waals surface area (Å²) in [5.74, 6) is 0. The van der Waals surface area contributed by atoms with Crippen molar-refractivity contribution in [3.8, 4) is 0 Å². The number of aryl methyl sites for hydroxylation is 2. The van der Waals surface area contributed by atoms with Gasteiger partial charge in [-0.3, -0.25) is 0 Å². The number of para-hydroxylation sites is 1. The summed E-state index contributed by atoms with van der Waals surface area (Å²) in [6.45, 7) is 4.80. The zero-order valence-electron chi connectivity index (χ0n) is 10.4. The molecule has 0 atom stereocenters. The molecule has 0 spiro atoms. The first-order chi connectivity index (χ1) is 8.59. The van der Waals surface area contributed by atoms with Gasteiger partial charge in [0.25, 0.3) is 0 Å². The van der Waals surface area contributed by atoms with E-state index < -0.39 is 0 Å². The van der Waals surface area contributed by atoms with Crippen LogP contribution in [0.2, 0.25) is 10.0 Å². The lowest BCUT2D eigenvalue weighted by Crippen LogP contribution is -2.04. The van der Waals surface area contributed by atoms with Crippen LogP contribution in [0.3, 0.4) is 0 Å². The molecule has 2 aromatic carbocycles. The average molecular weight is 280 g/mol. The van der Waals surface area contributed by atoms with Crippen LogP contribution in [0.25, 0.3) is 0 Å². The van der Waals surface area contributed by atoms with E-state index in [9.17, 15) is 0 Å². The van der Waals surface area contributed by atoms with E-state index in [0.717, 1.165) is 11.3 Å². The van der Waals surface area contributed by atoms with Gasteiger partial charge in [-0.05, 0) is 37.1 Å². The van der Waals surface area contributed by atoms with Gasteiger partial charge in [0.2, 0.25) is 0 Å². The van der Waals surface area contributed by atoms with Crippen molar-refractivity contribution in [1.29, 1.82) is 0 Å². The number of anilines is 1. The fourth-order valence-electron chi connectivity index (χ4n) is 1.97. The highest BCUT2D eigenvalue weighted by Crippen LogP contribution is 2.26. The highest BCUT2D eigenvalue weighted by atomic mass is 35.5. The molecule has 0 aromatic heterocycles. The van der Waals surface area contributed by atoms with Crippen molar-refractivity contribution in [2.75, 3.05) is 5.32 Å². The zero-order chi connectivity index (χ0) is 13.1. The van der Waals surface area contributed by atoms with Crippen molar-refractivity contribution < 1.29 is 0 Å². The number of hydrogen-bond donors (Lipinski definition) is 1. The third-order valence-corrected chi connectivity index (χ3v) is 3.69. The summed E-state index contributed by atoms with van der Waals surface area (Å²) in [5, 5.41) is 4.80. The maximum atomic E-state index is 6.15. The maximum absolute atomic E-state index is 6.15. The molecule has 0 aliphatic heterocycles. The molecular formula is C15H15Cl2N. The van der Waals surface area contributed by atoms with E-state index in [0.29, 0.717) is 16.6 Å². The van der Waals surface area contributed by atoms with E-state index in [-0.39, 0.29) is 0 Å². The van der Waals surface area contributed by atoms with Gasteiger partial charge in [0, 0.05) is 27.8 Å². The van der Waals surface area contributed by atoms with Crippen LogP contribution in [0.4, 0.5) is 5.69 Å². The number of nitrogens with one attached hydrogen (secondary N) is 1. The Labute approximate surface area is 118 Å². The SMILES string of the molecule is Cc1cccc(C)c1NCc1c(Cl)cccc1Cl. The fraction of sp³-hybridized carbons (Fsp3) is 0.200. The van der Waals surface area contributed by atoms with Gasteiger partial charge in [-0.15, -0.1) is 0 Å². The summed E-state index contributed by atoms with van der Waals surface area (Å²) < 4.78 is 0. The minimum atomic E-state index is 0.629. The molecule has 0 heterocycles. The summed E-state index contributed by atoms with van der Waals surface area (Å²) in [5.41, 5.74) is 4.52. The Morgan fingerprint density at radius 2 is 1.39 bits per heavy atom. The summed E-state index contributed by atoms with van der Waals surface area (Å²) in [6, 6.07) is 11.8. The summed E-state index contributed by atoms with van der Waals surface area (Å²) in [7, 11) is 0. The molecule has 0 saturated heterocycles.